The van der Waals surface area contributed by atoms with Gasteiger partial charge in [0.2, 0.25) is 5.91 Å². The minimum atomic E-state index is -0.222. The number of nitrogens with zero attached hydrogens (tertiary/aromatic N) is 2. The monoisotopic (exact) mass is 377 g/mol. The lowest BCUT2D eigenvalue weighted by atomic mass is 10.1. The molecule has 0 saturated heterocycles. The molecule has 144 valence electrons. The SMILES string of the molecule is COc1ccc2cc(C(=O)Nc3ccc(CC(=O)N(C)C)cc3)c(C)nc2c1. The molecule has 3 rings (SSSR count). The van der Waals surface area contributed by atoms with Gasteiger partial charge in [-0.15, -0.1) is 0 Å². The third-order valence-corrected chi connectivity index (χ3v) is 4.53. The van der Waals surface area contributed by atoms with Gasteiger partial charge < -0.3 is 15.0 Å². The van der Waals surface area contributed by atoms with E-state index >= 15 is 0 Å². The van der Waals surface area contributed by atoms with Gasteiger partial charge >= 0.3 is 0 Å². The van der Waals surface area contributed by atoms with E-state index in [0.29, 0.717) is 23.4 Å². The van der Waals surface area contributed by atoms with E-state index in [1.807, 2.05) is 43.3 Å². The Labute approximate surface area is 164 Å². The summed E-state index contributed by atoms with van der Waals surface area (Å²) in [7, 11) is 5.07. The molecule has 0 aliphatic heterocycles. The highest BCUT2D eigenvalue weighted by Gasteiger charge is 2.13. The highest BCUT2D eigenvalue weighted by molar-refractivity contribution is 6.06. The third kappa shape index (κ3) is 4.28. The van der Waals surface area contributed by atoms with Gasteiger partial charge in [0, 0.05) is 31.2 Å². The lowest BCUT2D eigenvalue weighted by Crippen LogP contribution is -2.23. The van der Waals surface area contributed by atoms with Gasteiger partial charge in [-0.05, 0) is 42.8 Å². The molecule has 1 heterocycles. The summed E-state index contributed by atoms with van der Waals surface area (Å²) in [6.45, 7) is 1.81. The number of likely N-dealkylation sites (N-methyl/N-ethyl adjacent to an activating group) is 1. The van der Waals surface area contributed by atoms with Gasteiger partial charge in [-0.1, -0.05) is 12.1 Å². The highest BCUT2D eigenvalue weighted by Crippen LogP contribution is 2.22. The van der Waals surface area contributed by atoms with Crippen molar-refractivity contribution in [3.8, 4) is 5.75 Å². The molecule has 6 nitrogen and oxygen atoms in total. The molecule has 3 aromatic rings. The molecule has 0 spiro atoms. The Kier molecular flexibility index (Phi) is 5.59. The van der Waals surface area contributed by atoms with E-state index in [0.717, 1.165) is 22.2 Å². The first-order valence-corrected chi connectivity index (χ1v) is 8.93. The summed E-state index contributed by atoms with van der Waals surface area (Å²) in [6.07, 6.45) is 0.332. The summed E-state index contributed by atoms with van der Waals surface area (Å²) in [5, 5.41) is 3.76. The van der Waals surface area contributed by atoms with Gasteiger partial charge in [0.25, 0.3) is 5.91 Å². The van der Waals surface area contributed by atoms with E-state index in [4.69, 9.17) is 4.74 Å². The molecule has 0 atom stereocenters. The molecule has 0 unspecified atom stereocenters. The minimum absolute atomic E-state index is 0.0336. The summed E-state index contributed by atoms with van der Waals surface area (Å²) in [6, 6.07) is 14.7. The Bertz CT molecular complexity index is 1030. The number of methoxy groups -OCH3 is 1. The number of aryl methyl sites for hydroxylation is 1. The summed E-state index contributed by atoms with van der Waals surface area (Å²) in [4.78, 5) is 30.6. The number of benzene rings is 2. The first-order valence-electron chi connectivity index (χ1n) is 8.93. The molecule has 0 bridgehead atoms. The Morgan fingerprint density at radius 1 is 1.07 bits per heavy atom. The molecule has 0 fully saturated rings. The van der Waals surface area contributed by atoms with Crippen LogP contribution in [-0.2, 0) is 11.2 Å². The van der Waals surface area contributed by atoms with Gasteiger partial charge in [-0.3, -0.25) is 14.6 Å². The Morgan fingerprint density at radius 3 is 2.43 bits per heavy atom. The van der Waals surface area contributed by atoms with E-state index < -0.39 is 0 Å². The Balaban J connectivity index is 1.77. The fraction of sp³-hybridized carbons (Fsp3) is 0.227. The number of hydrogen-bond acceptors (Lipinski definition) is 4. The molecule has 1 N–H and O–H groups in total. The number of carbonyl (C=O) groups is 2. The van der Waals surface area contributed by atoms with Crippen molar-refractivity contribution in [1.82, 2.24) is 9.88 Å². The average molecular weight is 377 g/mol. The predicted octanol–water partition coefficient (Wildman–Crippen LogP) is 3.43. The van der Waals surface area contributed by atoms with Crippen LogP contribution in [0.5, 0.6) is 5.75 Å². The largest absolute Gasteiger partial charge is 0.497 e. The highest BCUT2D eigenvalue weighted by atomic mass is 16.5. The lowest BCUT2D eigenvalue weighted by molar-refractivity contribution is -0.127. The number of fused-ring (bicyclic) bond motifs is 1. The molecule has 2 aromatic carbocycles. The van der Waals surface area contributed by atoms with E-state index in [1.165, 1.54) is 0 Å². The number of carbonyl (C=O) groups excluding carboxylic acids is 2. The maximum atomic E-state index is 12.7. The van der Waals surface area contributed by atoms with Crippen LogP contribution in [0.3, 0.4) is 0 Å². The zero-order chi connectivity index (χ0) is 20.3. The van der Waals surface area contributed by atoms with E-state index in [9.17, 15) is 9.59 Å². The van der Waals surface area contributed by atoms with E-state index in [-0.39, 0.29) is 11.8 Å². The molecule has 28 heavy (non-hydrogen) atoms. The summed E-state index contributed by atoms with van der Waals surface area (Å²) in [5.74, 6) is 0.538. The normalized spacial score (nSPS) is 10.6. The number of hydrogen-bond donors (Lipinski definition) is 1. The second-order valence-electron chi connectivity index (χ2n) is 6.80. The number of amides is 2. The smallest absolute Gasteiger partial charge is 0.257 e. The number of ether oxygens (including phenoxy) is 1. The quantitative estimate of drug-likeness (QED) is 0.739. The minimum Gasteiger partial charge on any atom is -0.497 e. The molecule has 0 radical (unpaired) electrons. The number of nitrogens with one attached hydrogen (secondary N) is 1. The topological polar surface area (TPSA) is 71.5 Å². The van der Waals surface area contributed by atoms with Crippen LogP contribution in [0.4, 0.5) is 5.69 Å². The fourth-order valence-corrected chi connectivity index (χ4v) is 2.84. The molecule has 1 aromatic heterocycles. The van der Waals surface area contributed by atoms with Crippen LogP contribution in [0, 0.1) is 6.92 Å². The van der Waals surface area contributed by atoms with E-state index in [1.54, 1.807) is 38.2 Å². The molecule has 6 heteroatoms. The van der Waals surface area contributed by atoms with Crippen molar-refractivity contribution in [1.29, 1.82) is 0 Å². The number of aromatic nitrogens is 1. The number of anilines is 1. The van der Waals surface area contributed by atoms with Crippen LogP contribution in [0.25, 0.3) is 10.9 Å². The fourth-order valence-electron chi connectivity index (χ4n) is 2.84. The third-order valence-electron chi connectivity index (χ3n) is 4.53. The predicted molar refractivity (Wildman–Crippen MR) is 110 cm³/mol. The molecule has 0 saturated carbocycles. The molecule has 0 aliphatic carbocycles. The van der Waals surface area contributed by atoms with Crippen LogP contribution < -0.4 is 10.1 Å². The maximum Gasteiger partial charge on any atom is 0.257 e. The Morgan fingerprint density at radius 2 is 1.79 bits per heavy atom. The average Bonchev–Trinajstić information content (AvgIpc) is 2.68. The molecular formula is C22H23N3O3. The standard InChI is InChI=1S/C22H23N3O3/c1-14-19(12-16-7-10-18(28-4)13-20(16)23-14)22(27)24-17-8-5-15(6-9-17)11-21(26)25(2)3/h5-10,12-13H,11H2,1-4H3,(H,24,27). The van der Waals surface area contributed by atoms with Gasteiger partial charge in [-0.25, -0.2) is 0 Å². The van der Waals surface area contributed by atoms with Gasteiger partial charge in [0.1, 0.15) is 5.75 Å². The second-order valence-corrected chi connectivity index (χ2v) is 6.80. The maximum absolute atomic E-state index is 12.7. The summed E-state index contributed by atoms with van der Waals surface area (Å²) < 4.78 is 5.22. The van der Waals surface area contributed by atoms with Crippen molar-refractivity contribution in [2.24, 2.45) is 0 Å². The van der Waals surface area contributed by atoms with Crippen LogP contribution in [0.2, 0.25) is 0 Å². The number of rotatable bonds is 5. The molecular weight excluding hydrogens is 354 g/mol. The van der Waals surface area contributed by atoms with Crippen LogP contribution >= 0.6 is 0 Å². The second kappa shape index (κ2) is 8.08. The lowest BCUT2D eigenvalue weighted by Gasteiger charge is -2.11. The van der Waals surface area contributed by atoms with Crippen molar-refractivity contribution in [3.05, 3.63) is 65.4 Å². The van der Waals surface area contributed by atoms with Crippen molar-refractivity contribution in [2.45, 2.75) is 13.3 Å². The zero-order valence-corrected chi connectivity index (χ0v) is 16.4. The van der Waals surface area contributed by atoms with Crippen LogP contribution in [-0.4, -0.2) is 42.9 Å². The molecule has 2 amide bonds. The van der Waals surface area contributed by atoms with Gasteiger partial charge in [0.15, 0.2) is 0 Å². The van der Waals surface area contributed by atoms with Crippen molar-refractivity contribution >= 4 is 28.4 Å². The summed E-state index contributed by atoms with van der Waals surface area (Å²) >= 11 is 0. The van der Waals surface area contributed by atoms with Crippen molar-refractivity contribution in [2.75, 3.05) is 26.5 Å². The number of pyridine rings is 1. The van der Waals surface area contributed by atoms with E-state index in [2.05, 4.69) is 10.3 Å². The first kappa shape index (κ1) is 19.4. The van der Waals surface area contributed by atoms with Gasteiger partial charge in [-0.2, -0.15) is 0 Å². The first-order chi connectivity index (χ1) is 13.4. The van der Waals surface area contributed by atoms with Gasteiger partial charge in [0.05, 0.1) is 30.3 Å². The summed E-state index contributed by atoms with van der Waals surface area (Å²) in [5.41, 5.74) is 3.51. The molecule has 0 aliphatic rings. The van der Waals surface area contributed by atoms with Crippen molar-refractivity contribution in [3.63, 3.8) is 0 Å². The van der Waals surface area contributed by atoms with Crippen LogP contribution in [0.15, 0.2) is 48.5 Å². The zero-order valence-electron chi connectivity index (χ0n) is 16.4. The van der Waals surface area contributed by atoms with Crippen LogP contribution in [0.1, 0.15) is 21.6 Å². The Hall–Kier alpha value is -3.41. The van der Waals surface area contributed by atoms with Crippen molar-refractivity contribution < 1.29 is 14.3 Å².